The Morgan fingerprint density at radius 1 is 1.17 bits per heavy atom. The van der Waals surface area contributed by atoms with Crippen molar-refractivity contribution in [2.24, 2.45) is 0 Å². The summed E-state index contributed by atoms with van der Waals surface area (Å²) < 4.78 is 59.0. The van der Waals surface area contributed by atoms with Crippen molar-refractivity contribution in [1.29, 1.82) is 0 Å². The van der Waals surface area contributed by atoms with E-state index in [2.05, 4.69) is 14.9 Å². The molecular weight excluding hydrogens is 340 g/mol. The highest BCUT2D eigenvalue weighted by Gasteiger charge is 2.24. The first-order chi connectivity index (χ1) is 11.3. The van der Waals surface area contributed by atoms with Gasteiger partial charge in [-0.05, 0) is 32.0 Å². The Hall–Kier alpha value is -2.68. The molecule has 3 aromatic rings. The standard InChI is InChI=1S/C15H13F2N3O3S/c1-8-5-13(19-18-8)14-7-15(9(2)23-14)24(21,22)20-12-4-3-10(16)6-11(12)17/h3-7,20H,1-2H3,(H,18,19). The number of benzene rings is 1. The van der Waals surface area contributed by atoms with Crippen LogP contribution in [0.3, 0.4) is 0 Å². The molecule has 0 spiro atoms. The Labute approximate surface area is 136 Å². The Bertz CT molecular complexity index is 1010. The number of aromatic nitrogens is 2. The maximum absolute atomic E-state index is 13.7. The molecule has 0 aliphatic carbocycles. The lowest BCUT2D eigenvalue weighted by molar-refractivity contribution is 0.533. The third kappa shape index (κ3) is 3.02. The smallest absolute Gasteiger partial charge is 0.265 e. The minimum Gasteiger partial charge on any atom is -0.458 e. The summed E-state index contributed by atoms with van der Waals surface area (Å²) in [5.41, 5.74) is 0.883. The number of nitrogens with one attached hydrogen (secondary N) is 2. The summed E-state index contributed by atoms with van der Waals surface area (Å²) >= 11 is 0. The van der Waals surface area contributed by atoms with Gasteiger partial charge >= 0.3 is 0 Å². The number of furan rings is 1. The molecule has 9 heteroatoms. The zero-order valence-corrected chi connectivity index (χ0v) is 13.5. The van der Waals surface area contributed by atoms with Gasteiger partial charge in [-0.1, -0.05) is 0 Å². The van der Waals surface area contributed by atoms with Crippen LogP contribution in [0.15, 0.2) is 39.6 Å². The number of aryl methyl sites for hydroxylation is 2. The largest absolute Gasteiger partial charge is 0.458 e. The lowest BCUT2D eigenvalue weighted by atomic mass is 10.3. The van der Waals surface area contributed by atoms with E-state index in [1.807, 2.05) is 0 Å². The molecule has 0 bridgehead atoms. The summed E-state index contributed by atoms with van der Waals surface area (Å²) in [4.78, 5) is -0.151. The van der Waals surface area contributed by atoms with Gasteiger partial charge in [-0.15, -0.1) is 0 Å². The number of rotatable bonds is 4. The number of nitrogens with zero attached hydrogens (tertiary/aromatic N) is 1. The normalized spacial score (nSPS) is 11.7. The van der Waals surface area contributed by atoms with Gasteiger partial charge in [0.2, 0.25) is 0 Å². The molecule has 1 aromatic carbocycles. The predicted octanol–water partition coefficient (Wildman–Crippen LogP) is 3.37. The number of hydrogen-bond donors (Lipinski definition) is 2. The first-order valence-corrected chi connectivity index (χ1v) is 8.35. The molecule has 0 unspecified atom stereocenters. The molecule has 0 aliphatic heterocycles. The maximum atomic E-state index is 13.7. The SMILES string of the molecule is Cc1cc(-c2cc(S(=O)(=O)Nc3ccc(F)cc3F)c(C)o2)n[nH]1. The van der Waals surface area contributed by atoms with Gasteiger partial charge in [-0.2, -0.15) is 5.10 Å². The van der Waals surface area contributed by atoms with Gasteiger partial charge in [0.05, 0.1) is 5.69 Å². The van der Waals surface area contributed by atoms with E-state index in [4.69, 9.17) is 4.42 Å². The van der Waals surface area contributed by atoms with E-state index >= 15 is 0 Å². The highest BCUT2D eigenvalue weighted by molar-refractivity contribution is 7.92. The van der Waals surface area contributed by atoms with Crippen LogP contribution in [0.5, 0.6) is 0 Å². The van der Waals surface area contributed by atoms with E-state index in [9.17, 15) is 17.2 Å². The van der Waals surface area contributed by atoms with Crippen molar-refractivity contribution in [3.05, 3.63) is 53.4 Å². The van der Waals surface area contributed by atoms with Crippen LogP contribution in [0, 0.1) is 25.5 Å². The molecule has 0 saturated carbocycles. The van der Waals surface area contributed by atoms with Crippen LogP contribution < -0.4 is 4.72 Å². The summed E-state index contributed by atoms with van der Waals surface area (Å²) in [5.74, 6) is -1.42. The first-order valence-electron chi connectivity index (χ1n) is 6.87. The predicted molar refractivity (Wildman–Crippen MR) is 82.9 cm³/mol. The molecule has 0 amide bonds. The zero-order chi connectivity index (χ0) is 17.5. The zero-order valence-electron chi connectivity index (χ0n) is 12.7. The molecule has 0 aliphatic rings. The van der Waals surface area contributed by atoms with Crippen molar-refractivity contribution in [2.75, 3.05) is 4.72 Å². The monoisotopic (exact) mass is 353 g/mol. The summed E-state index contributed by atoms with van der Waals surface area (Å²) in [6.07, 6.45) is 0. The third-order valence-electron chi connectivity index (χ3n) is 3.30. The highest BCUT2D eigenvalue weighted by atomic mass is 32.2. The molecular formula is C15H13F2N3O3S. The van der Waals surface area contributed by atoms with Gasteiger partial charge in [-0.25, -0.2) is 17.2 Å². The molecule has 2 heterocycles. The van der Waals surface area contributed by atoms with Gasteiger partial charge in [0.25, 0.3) is 10.0 Å². The van der Waals surface area contributed by atoms with Crippen LogP contribution in [-0.2, 0) is 10.0 Å². The Morgan fingerprint density at radius 3 is 2.54 bits per heavy atom. The number of aromatic amines is 1. The second-order valence-corrected chi connectivity index (χ2v) is 6.85. The number of sulfonamides is 1. The van der Waals surface area contributed by atoms with Crippen LogP contribution in [-0.4, -0.2) is 18.6 Å². The van der Waals surface area contributed by atoms with Gasteiger partial charge in [0, 0.05) is 17.8 Å². The maximum Gasteiger partial charge on any atom is 0.265 e. The molecule has 2 N–H and O–H groups in total. The Kier molecular flexibility index (Phi) is 3.88. The van der Waals surface area contributed by atoms with Crippen LogP contribution in [0.4, 0.5) is 14.5 Å². The summed E-state index contributed by atoms with van der Waals surface area (Å²) in [7, 11) is -4.10. The van der Waals surface area contributed by atoms with Crippen molar-refractivity contribution >= 4 is 15.7 Å². The molecule has 3 rings (SSSR count). The molecule has 24 heavy (non-hydrogen) atoms. The number of hydrogen-bond acceptors (Lipinski definition) is 4. The summed E-state index contributed by atoms with van der Waals surface area (Å²) in [5, 5.41) is 6.72. The minimum atomic E-state index is -4.10. The van der Waals surface area contributed by atoms with Gasteiger partial charge in [0.1, 0.15) is 28.0 Å². The fourth-order valence-electron chi connectivity index (χ4n) is 2.17. The van der Waals surface area contributed by atoms with Crippen molar-refractivity contribution in [1.82, 2.24) is 10.2 Å². The number of anilines is 1. The van der Waals surface area contributed by atoms with Crippen molar-refractivity contribution in [2.45, 2.75) is 18.7 Å². The van der Waals surface area contributed by atoms with E-state index in [0.29, 0.717) is 11.8 Å². The molecule has 0 radical (unpaired) electrons. The van der Waals surface area contributed by atoms with Crippen LogP contribution in [0.2, 0.25) is 0 Å². The second-order valence-electron chi connectivity index (χ2n) is 5.20. The second kappa shape index (κ2) is 5.75. The van der Waals surface area contributed by atoms with Crippen molar-refractivity contribution in [3.8, 4) is 11.5 Å². The first kappa shape index (κ1) is 16.2. The van der Waals surface area contributed by atoms with E-state index in [1.165, 1.54) is 13.0 Å². The van der Waals surface area contributed by atoms with Crippen molar-refractivity contribution in [3.63, 3.8) is 0 Å². The van der Waals surface area contributed by atoms with E-state index < -0.39 is 21.7 Å². The van der Waals surface area contributed by atoms with Crippen molar-refractivity contribution < 1.29 is 21.6 Å². The lowest BCUT2D eigenvalue weighted by Crippen LogP contribution is -2.14. The van der Waals surface area contributed by atoms with Crippen LogP contribution >= 0.6 is 0 Å². The van der Waals surface area contributed by atoms with E-state index in [-0.39, 0.29) is 22.1 Å². The topological polar surface area (TPSA) is 88.0 Å². The molecule has 0 fully saturated rings. The molecule has 0 atom stereocenters. The van der Waals surface area contributed by atoms with Gasteiger partial charge < -0.3 is 4.42 Å². The number of H-pyrrole nitrogens is 1. The van der Waals surface area contributed by atoms with E-state index in [1.54, 1.807) is 13.0 Å². The van der Waals surface area contributed by atoms with Gasteiger partial charge in [-0.3, -0.25) is 9.82 Å². The third-order valence-corrected chi connectivity index (χ3v) is 4.77. The molecule has 6 nitrogen and oxygen atoms in total. The molecule has 2 aromatic heterocycles. The van der Waals surface area contributed by atoms with Crippen LogP contribution in [0.1, 0.15) is 11.5 Å². The fourth-order valence-corrected chi connectivity index (χ4v) is 3.42. The summed E-state index contributed by atoms with van der Waals surface area (Å²) in [6, 6.07) is 5.56. The minimum absolute atomic E-state index is 0.126. The Balaban J connectivity index is 1.96. The molecule has 0 saturated heterocycles. The average Bonchev–Trinajstić information content (AvgIpc) is 3.08. The highest BCUT2D eigenvalue weighted by Crippen LogP contribution is 2.29. The lowest BCUT2D eigenvalue weighted by Gasteiger charge is -2.07. The Morgan fingerprint density at radius 2 is 1.92 bits per heavy atom. The molecule has 126 valence electrons. The van der Waals surface area contributed by atoms with Crippen LogP contribution in [0.25, 0.3) is 11.5 Å². The average molecular weight is 353 g/mol. The number of halogens is 2. The quantitative estimate of drug-likeness (QED) is 0.753. The van der Waals surface area contributed by atoms with Gasteiger partial charge in [0.15, 0.2) is 5.76 Å². The fraction of sp³-hybridized carbons (Fsp3) is 0.133. The van der Waals surface area contributed by atoms with E-state index in [0.717, 1.165) is 17.8 Å². The summed E-state index contributed by atoms with van der Waals surface area (Å²) in [6.45, 7) is 3.27.